The molecule has 0 bridgehead atoms. The van der Waals surface area contributed by atoms with E-state index >= 15 is 0 Å². The molecule has 1 N–H and O–H groups in total. The average Bonchev–Trinajstić information content (AvgIpc) is 3.54. The molecule has 31 heavy (non-hydrogen) atoms. The maximum Gasteiger partial charge on any atom is 0.276 e. The van der Waals surface area contributed by atoms with Crippen LogP contribution in [0.4, 0.5) is 5.82 Å². The Morgan fingerprint density at radius 2 is 1.84 bits per heavy atom. The van der Waals surface area contributed by atoms with Gasteiger partial charge in [0, 0.05) is 57.1 Å². The zero-order valence-electron chi connectivity index (χ0n) is 18.1. The first-order chi connectivity index (χ1) is 15.0. The summed E-state index contributed by atoms with van der Waals surface area (Å²) in [5.41, 5.74) is 2.36. The van der Waals surface area contributed by atoms with Crippen LogP contribution in [0.1, 0.15) is 77.8 Å². The molecule has 2 aliphatic heterocycles. The zero-order chi connectivity index (χ0) is 21.5. The Bertz CT molecular complexity index is 1010. The van der Waals surface area contributed by atoms with Gasteiger partial charge < -0.3 is 19.6 Å². The van der Waals surface area contributed by atoms with Gasteiger partial charge in [0.05, 0.1) is 12.2 Å². The average molecular weight is 425 g/mol. The Kier molecular flexibility index (Phi) is 5.11. The third kappa shape index (κ3) is 3.88. The number of rotatable bonds is 4. The molecule has 2 aromatic heterocycles. The predicted octanol–water partition coefficient (Wildman–Crippen LogP) is 2.31. The number of carbonyl (C=O) groups excluding carboxylic acids is 2. The van der Waals surface area contributed by atoms with Gasteiger partial charge in [0.2, 0.25) is 5.91 Å². The highest BCUT2D eigenvalue weighted by Crippen LogP contribution is 2.40. The van der Waals surface area contributed by atoms with Gasteiger partial charge in [-0.3, -0.25) is 9.59 Å². The third-order valence-corrected chi connectivity index (χ3v) is 6.64. The van der Waals surface area contributed by atoms with Crippen molar-refractivity contribution in [2.24, 2.45) is 0 Å². The van der Waals surface area contributed by atoms with Gasteiger partial charge >= 0.3 is 0 Å². The van der Waals surface area contributed by atoms with Gasteiger partial charge in [0.1, 0.15) is 17.4 Å². The van der Waals surface area contributed by atoms with Gasteiger partial charge in [-0.05, 0) is 32.1 Å². The van der Waals surface area contributed by atoms with E-state index in [4.69, 9.17) is 14.5 Å². The predicted molar refractivity (Wildman–Crippen MR) is 113 cm³/mol. The van der Waals surface area contributed by atoms with Crippen molar-refractivity contribution in [3.05, 3.63) is 34.6 Å². The molecule has 0 unspecified atom stereocenters. The summed E-state index contributed by atoms with van der Waals surface area (Å²) in [7, 11) is 1.87. The van der Waals surface area contributed by atoms with Crippen molar-refractivity contribution in [3.63, 3.8) is 0 Å². The topological polar surface area (TPSA) is 104 Å². The van der Waals surface area contributed by atoms with E-state index < -0.39 is 0 Å². The SMILES string of the molecule is CNc1nc(C2CCN(C(C)=O)CC2)nc2c1CCN(C(=O)c1cc(C3CC3)on1)C2. The lowest BCUT2D eigenvalue weighted by Gasteiger charge is -2.32. The normalized spacial score (nSPS) is 19.3. The summed E-state index contributed by atoms with van der Waals surface area (Å²) in [6, 6.07) is 1.79. The Balaban J connectivity index is 1.35. The van der Waals surface area contributed by atoms with Crippen LogP contribution in [0.3, 0.4) is 0 Å². The van der Waals surface area contributed by atoms with Crippen LogP contribution in [0.5, 0.6) is 0 Å². The van der Waals surface area contributed by atoms with Gasteiger partial charge in [-0.25, -0.2) is 9.97 Å². The van der Waals surface area contributed by atoms with Crippen LogP contribution in [-0.2, 0) is 17.8 Å². The van der Waals surface area contributed by atoms with Crippen LogP contribution in [0, 0.1) is 0 Å². The Morgan fingerprint density at radius 3 is 2.52 bits per heavy atom. The molecule has 164 valence electrons. The van der Waals surface area contributed by atoms with Crippen molar-refractivity contribution in [1.29, 1.82) is 0 Å². The first-order valence-corrected chi connectivity index (χ1v) is 11.1. The maximum atomic E-state index is 13.0. The molecule has 5 rings (SSSR count). The highest BCUT2D eigenvalue weighted by atomic mass is 16.5. The van der Waals surface area contributed by atoms with Crippen molar-refractivity contribution in [2.45, 2.75) is 57.4 Å². The fourth-order valence-electron chi connectivity index (χ4n) is 4.58. The molecule has 4 heterocycles. The molecule has 3 aliphatic rings. The minimum Gasteiger partial charge on any atom is -0.373 e. The zero-order valence-corrected chi connectivity index (χ0v) is 18.1. The lowest BCUT2D eigenvalue weighted by molar-refractivity contribution is -0.129. The van der Waals surface area contributed by atoms with Crippen molar-refractivity contribution < 1.29 is 14.1 Å². The number of likely N-dealkylation sites (tertiary alicyclic amines) is 1. The number of aromatic nitrogens is 3. The van der Waals surface area contributed by atoms with E-state index in [1.807, 2.05) is 11.9 Å². The van der Waals surface area contributed by atoms with E-state index in [0.717, 1.165) is 67.4 Å². The van der Waals surface area contributed by atoms with E-state index in [0.29, 0.717) is 31.1 Å². The highest BCUT2D eigenvalue weighted by molar-refractivity contribution is 5.92. The molecule has 1 saturated heterocycles. The third-order valence-electron chi connectivity index (χ3n) is 6.64. The lowest BCUT2D eigenvalue weighted by atomic mass is 9.95. The molecule has 2 aromatic rings. The minimum atomic E-state index is -0.109. The van der Waals surface area contributed by atoms with Crippen LogP contribution < -0.4 is 5.32 Å². The molecule has 0 spiro atoms. The lowest BCUT2D eigenvalue weighted by Crippen LogP contribution is -2.38. The first-order valence-electron chi connectivity index (χ1n) is 11.1. The molecule has 0 aromatic carbocycles. The number of anilines is 1. The number of piperidine rings is 1. The summed E-state index contributed by atoms with van der Waals surface area (Å²) >= 11 is 0. The van der Waals surface area contributed by atoms with Crippen molar-refractivity contribution in [2.75, 3.05) is 32.0 Å². The summed E-state index contributed by atoms with van der Waals surface area (Å²) in [4.78, 5) is 38.0. The van der Waals surface area contributed by atoms with Gasteiger partial charge in [-0.15, -0.1) is 0 Å². The fourth-order valence-corrected chi connectivity index (χ4v) is 4.58. The van der Waals surface area contributed by atoms with Gasteiger partial charge in [-0.1, -0.05) is 5.16 Å². The van der Waals surface area contributed by atoms with Crippen LogP contribution >= 0.6 is 0 Å². The number of nitrogens with one attached hydrogen (secondary N) is 1. The summed E-state index contributed by atoms with van der Waals surface area (Å²) in [5, 5.41) is 7.22. The molecule has 9 nitrogen and oxygen atoms in total. The molecular weight excluding hydrogens is 396 g/mol. The second-order valence-corrected chi connectivity index (χ2v) is 8.75. The largest absolute Gasteiger partial charge is 0.373 e. The van der Waals surface area contributed by atoms with Gasteiger partial charge in [0.25, 0.3) is 5.91 Å². The second-order valence-electron chi connectivity index (χ2n) is 8.75. The van der Waals surface area contributed by atoms with Crippen molar-refractivity contribution >= 4 is 17.6 Å². The second kappa shape index (κ2) is 7.94. The molecule has 0 radical (unpaired) electrons. The minimum absolute atomic E-state index is 0.109. The fraction of sp³-hybridized carbons (Fsp3) is 0.591. The molecule has 0 atom stereocenters. The van der Waals surface area contributed by atoms with E-state index in [9.17, 15) is 9.59 Å². The summed E-state index contributed by atoms with van der Waals surface area (Å²) in [5.74, 6) is 3.13. The van der Waals surface area contributed by atoms with Crippen LogP contribution in [0.15, 0.2) is 10.6 Å². The Hall–Kier alpha value is -2.97. The van der Waals surface area contributed by atoms with E-state index in [2.05, 4.69) is 10.5 Å². The first kappa shape index (κ1) is 20.0. The Morgan fingerprint density at radius 1 is 1.06 bits per heavy atom. The number of hydrogen-bond donors (Lipinski definition) is 1. The summed E-state index contributed by atoms with van der Waals surface area (Å²) in [6.07, 6.45) is 4.63. The van der Waals surface area contributed by atoms with E-state index in [1.165, 1.54) is 0 Å². The summed E-state index contributed by atoms with van der Waals surface area (Å²) < 4.78 is 5.37. The van der Waals surface area contributed by atoms with E-state index in [1.54, 1.807) is 17.9 Å². The molecule has 2 fully saturated rings. The molecule has 1 saturated carbocycles. The smallest absolute Gasteiger partial charge is 0.276 e. The monoisotopic (exact) mass is 424 g/mol. The molecular formula is C22H28N6O3. The number of nitrogens with zero attached hydrogens (tertiary/aromatic N) is 5. The number of amides is 2. The molecule has 9 heteroatoms. The van der Waals surface area contributed by atoms with Crippen LogP contribution in [-0.4, -0.2) is 63.4 Å². The molecule has 1 aliphatic carbocycles. The highest BCUT2D eigenvalue weighted by Gasteiger charge is 2.32. The Labute approximate surface area is 181 Å². The van der Waals surface area contributed by atoms with E-state index in [-0.39, 0.29) is 17.7 Å². The number of carbonyl (C=O) groups is 2. The standard InChI is InChI=1S/C22H28N6O3/c1-13(29)27-8-5-15(6-9-27)20-24-18-12-28(10-7-16(18)21(23-2)25-20)22(30)17-11-19(31-26-17)14-3-4-14/h11,14-15H,3-10,12H2,1-2H3,(H,23,24,25). The number of hydrogen-bond acceptors (Lipinski definition) is 7. The summed E-state index contributed by atoms with van der Waals surface area (Å²) in [6.45, 7) is 4.12. The van der Waals surface area contributed by atoms with Crippen LogP contribution in [0.25, 0.3) is 0 Å². The quantitative estimate of drug-likeness (QED) is 0.803. The van der Waals surface area contributed by atoms with Crippen molar-refractivity contribution in [3.8, 4) is 0 Å². The van der Waals surface area contributed by atoms with Crippen molar-refractivity contribution in [1.82, 2.24) is 24.9 Å². The molecule has 2 amide bonds. The number of fused-ring (bicyclic) bond motifs is 1. The van der Waals surface area contributed by atoms with Gasteiger partial charge in [0.15, 0.2) is 5.69 Å². The maximum absolute atomic E-state index is 13.0. The van der Waals surface area contributed by atoms with Gasteiger partial charge in [-0.2, -0.15) is 0 Å². The van der Waals surface area contributed by atoms with Crippen LogP contribution in [0.2, 0.25) is 0 Å².